The summed E-state index contributed by atoms with van der Waals surface area (Å²) in [5, 5.41) is 9.09. The first-order valence-corrected chi connectivity index (χ1v) is 7.76. The van der Waals surface area contributed by atoms with Gasteiger partial charge in [-0.05, 0) is 38.1 Å². The molecule has 1 unspecified atom stereocenters. The van der Waals surface area contributed by atoms with Gasteiger partial charge in [0.2, 0.25) is 0 Å². The number of likely N-dealkylation sites (N-methyl/N-ethyl adjacent to an activating group) is 1. The molecule has 1 amide bonds. The van der Waals surface area contributed by atoms with E-state index in [0.29, 0.717) is 5.76 Å². The lowest BCUT2D eigenvalue weighted by molar-refractivity contribution is -0.137. The molecule has 0 saturated carbocycles. The minimum absolute atomic E-state index is 0.0539. The van der Waals surface area contributed by atoms with Gasteiger partial charge in [0.05, 0.1) is 11.6 Å². The fourth-order valence-corrected chi connectivity index (χ4v) is 2.48. The zero-order valence-corrected chi connectivity index (χ0v) is 14.6. The molecule has 0 aliphatic rings. The van der Waals surface area contributed by atoms with Gasteiger partial charge in [-0.25, -0.2) is 9.18 Å². The van der Waals surface area contributed by atoms with E-state index in [4.69, 9.17) is 25.9 Å². The smallest absolute Gasteiger partial charge is 0.339 e. The Hall–Kier alpha value is -2.54. The molecule has 0 bridgehead atoms. The number of carbonyl (C=O) groups is 2. The summed E-state index contributed by atoms with van der Waals surface area (Å²) in [5.41, 5.74) is 0.0539. The quantitative estimate of drug-likeness (QED) is 0.842. The normalized spacial score (nSPS) is 11.9. The van der Waals surface area contributed by atoms with Crippen LogP contribution in [0.1, 0.15) is 28.8 Å². The molecular formula is C17H17ClFNO5. The molecule has 1 aromatic carbocycles. The van der Waals surface area contributed by atoms with Gasteiger partial charge in [0.25, 0.3) is 5.91 Å². The highest BCUT2D eigenvalue weighted by Crippen LogP contribution is 2.26. The van der Waals surface area contributed by atoms with Crippen LogP contribution in [0.15, 0.2) is 28.7 Å². The fraction of sp³-hybridized carbons (Fsp3) is 0.294. The summed E-state index contributed by atoms with van der Waals surface area (Å²) in [4.78, 5) is 24.7. The Labute approximate surface area is 148 Å². The van der Waals surface area contributed by atoms with Crippen LogP contribution in [0.5, 0.6) is 5.75 Å². The molecule has 0 saturated heterocycles. The summed E-state index contributed by atoms with van der Waals surface area (Å²) >= 11 is 5.88. The topological polar surface area (TPSA) is 80.0 Å². The number of hydrogen-bond donors (Lipinski definition) is 1. The first-order chi connectivity index (χ1) is 11.7. The average molecular weight is 370 g/mol. The minimum atomic E-state index is -1.09. The lowest BCUT2D eigenvalue weighted by Gasteiger charge is -2.21. The van der Waals surface area contributed by atoms with E-state index >= 15 is 0 Å². The summed E-state index contributed by atoms with van der Waals surface area (Å²) < 4.78 is 23.9. The highest BCUT2D eigenvalue weighted by Gasteiger charge is 2.22. The van der Waals surface area contributed by atoms with Gasteiger partial charge in [-0.3, -0.25) is 4.79 Å². The van der Waals surface area contributed by atoms with Crippen LogP contribution in [-0.2, 0) is 11.3 Å². The summed E-state index contributed by atoms with van der Waals surface area (Å²) in [7, 11) is 1.53. The van der Waals surface area contributed by atoms with Gasteiger partial charge in [0.15, 0.2) is 6.10 Å². The maximum atomic E-state index is 13.0. The van der Waals surface area contributed by atoms with Crippen molar-refractivity contribution in [2.24, 2.45) is 0 Å². The molecule has 0 fully saturated rings. The van der Waals surface area contributed by atoms with E-state index in [1.807, 2.05) is 0 Å². The van der Waals surface area contributed by atoms with E-state index in [2.05, 4.69) is 0 Å². The molecule has 2 aromatic rings. The predicted molar refractivity (Wildman–Crippen MR) is 88.4 cm³/mol. The Kier molecular flexibility index (Phi) is 5.69. The summed E-state index contributed by atoms with van der Waals surface area (Å²) in [5.74, 6) is -1.16. The molecule has 2 rings (SSSR count). The number of aromatic carboxylic acids is 1. The van der Waals surface area contributed by atoms with Crippen molar-refractivity contribution in [3.63, 3.8) is 0 Å². The molecule has 0 aliphatic heterocycles. The summed E-state index contributed by atoms with van der Waals surface area (Å²) in [6.45, 7) is 3.16. The maximum absolute atomic E-state index is 13.0. The third-order valence-electron chi connectivity index (χ3n) is 3.51. The Bertz CT molecular complexity index is 804. The van der Waals surface area contributed by atoms with Gasteiger partial charge < -0.3 is 19.2 Å². The maximum Gasteiger partial charge on any atom is 0.339 e. The third kappa shape index (κ3) is 4.51. The van der Waals surface area contributed by atoms with E-state index in [1.165, 1.54) is 44.0 Å². The van der Waals surface area contributed by atoms with Crippen molar-refractivity contribution in [1.29, 1.82) is 0 Å². The number of carboxylic acid groups (broad SMARTS) is 1. The standard InChI is InChI=1S/C17H17ClFNO5/c1-9-13(17(22)23)7-12(24-9)8-20(3)16(21)10(2)25-15-5-4-11(19)6-14(15)18/h4-7,10H,8H2,1-3H3,(H,22,23). The number of carbonyl (C=O) groups excluding carboxylic acids is 1. The fourth-order valence-electron chi connectivity index (χ4n) is 2.27. The monoisotopic (exact) mass is 369 g/mol. The largest absolute Gasteiger partial charge is 0.479 e. The second-order valence-corrected chi connectivity index (χ2v) is 5.92. The Morgan fingerprint density at radius 1 is 1.40 bits per heavy atom. The van der Waals surface area contributed by atoms with E-state index in [-0.39, 0.29) is 34.5 Å². The van der Waals surface area contributed by atoms with Crippen LogP contribution in [0.4, 0.5) is 4.39 Å². The molecule has 1 N–H and O–H groups in total. The molecule has 25 heavy (non-hydrogen) atoms. The van der Waals surface area contributed by atoms with Crippen molar-refractivity contribution in [1.82, 2.24) is 4.90 Å². The molecule has 134 valence electrons. The number of aryl methyl sites for hydroxylation is 1. The number of amides is 1. The van der Waals surface area contributed by atoms with Crippen LogP contribution in [-0.4, -0.2) is 35.0 Å². The van der Waals surface area contributed by atoms with Crippen molar-refractivity contribution in [3.8, 4) is 5.75 Å². The summed E-state index contributed by atoms with van der Waals surface area (Å²) in [6, 6.07) is 5.00. The van der Waals surface area contributed by atoms with E-state index < -0.39 is 17.9 Å². The minimum Gasteiger partial charge on any atom is -0.479 e. The number of hydrogen-bond acceptors (Lipinski definition) is 4. The lowest BCUT2D eigenvalue weighted by Crippen LogP contribution is -2.37. The van der Waals surface area contributed by atoms with Crippen molar-refractivity contribution in [2.45, 2.75) is 26.5 Å². The second kappa shape index (κ2) is 7.57. The zero-order valence-electron chi connectivity index (χ0n) is 13.9. The average Bonchev–Trinajstić information content (AvgIpc) is 2.89. The lowest BCUT2D eigenvalue weighted by atomic mass is 10.2. The summed E-state index contributed by atoms with van der Waals surface area (Å²) in [6.07, 6.45) is -0.872. The molecule has 0 spiro atoms. The van der Waals surface area contributed by atoms with Gasteiger partial charge in [-0.1, -0.05) is 11.6 Å². The van der Waals surface area contributed by atoms with E-state index in [9.17, 15) is 14.0 Å². The first-order valence-electron chi connectivity index (χ1n) is 7.38. The van der Waals surface area contributed by atoms with Crippen LogP contribution in [0, 0.1) is 12.7 Å². The number of rotatable bonds is 6. The van der Waals surface area contributed by atoms with Crippen molar-refractivity contribution >= 4 is 23.5 Å². The number of benzene rings is 1. The molecule has 1 atom stereocenters. The van der Waals surface area contributed by atoms with Crippen LogP contribution < -0.4 is 4.74 Å². The second-order valence-electron chi connectivity index (χ2n) is 5.52. The molecule has 0 aliphatic carbocycles. The highest BCUT2D eigenvalue weighted by molar-refractivity contribution is 6.32. The van der Waals surface area contributed by atoms with E-state index in [1.54, 1.807) is 0 Å². The van der Waals surface area contributed by atoms with Crippen molar-refractivity contribution < 1.29 is 28.2 Å². The molecule has 6 nitrogen and oxygen atoms in total. The van der Waals surface area contributed by atoms with Crippen molar-refractivity contribution in [2.75, 3.05) is 7.05 Å². The van der Waals surface area contributed by atoms with E-state index in [0.717, 1.165) is 6.07 Å². The number of carboxylic acids is 1. The van der Waals surface area contributed by atoms with Crippen LogP contribution in [0.25, 0.3) is 0 Å². The highest BCUT2D eigenvalue weighted by atomic mass is 35.5. The van der Waals surface area contributed by atoms with Crippen molar-refractivity contribution in [3.05, 3.63) is 52.2 Å². The van der Waals surface area contributed by atoms with Gasteiger partial charge in [-0.15, -0.1) is 0 Å². The third-order valence-corrected chi connectivity index (χ3v) is 3.81. The molecule has 0 radical (unpaired) electrons. The Morgan fingerprint density at radius 2 is 2.08 bits per heavy atom. The van der Waals surface area contributed by atoms with Crippen LogP contribution in [0.2, 0.25) is 5.02 Å². The number of ether oxygens (including phenoxy) is 1. The van der Waals surface area contributed by atoms with Gasteiger partial charge in [0, 0.05) is 7.05 Å². The predicted octanol–water partition coefficient (Wildman–Crippen LogP) is 3.50. The van der Waals surface area contributed by atoms with Gasteiger partial charge >= 0.3 is 5.97 Å². The zero-order chi connectivity index (χ0) is 18.7. The molecule has 1 heterocycles. The number of nitrogens with zero attached hydrogens (tertiary/aromatic N) is 1. The van der Waals surface area contributed by atoms with Gasteiger partial charge in [0.1, 0.15) is 28.7 Å². The number of furan rings is 1. The molecule has 1 aromatic heterocycles. The van der Waals surface area contributed by atoms with Crippen LogP contribution in [0.3, 0.4) is 0 Å². The first kappa shape index (κ1) is 18.8. The molecule has 8 heteroatoms. The number of halogens is 2. The van der Waals surface area contributed by atoms with Crippen LogP contribution >= 0.6 is 11.6 Å². The Morgan fingerprint density at radius 3 is 2.64 bits per heavy atom. The molecular weight excluding hydrogens is 353 g/mol. The Balaban J connectivity index is 2.03. The SMILES string of the molecule is Cc1oc(CN(C)C(=O)C(C)Oc2ccc(F)cc2Cl)cc1C(=O)O. The van der Waals surface area contributed by atoms with Gasteiger partial charge in [-0.2, -0.15) is 0 Å².